The summed E-state index contributed by atoms with van der Waals surface area (Å²) in [6.45, 7) is 4.62. The predicted molar refractivity (Wildman–Crippen MR) is 151 cm³/mol. The summed E-state index contributed by atoms with van der Waals surface area (Å²) >= 11 is 0. The van der Waals surface area contributed by atoms with Crippen LogP contribution in [0.5, 0.6) is 0 Å². The fourth-order valence-corrected chi connectivity index (χ4v) is 7.02. The zero-order valence-electron chi connectivity index (χ0n) is 22.1. The molecule has 0 aromatic heterocycles. The fraction of sp³-hybridized carbons (Fsp3) is 0.806. The summed E-state index contributed by atoms with van der Waals surface area (Å²) in [5.74, 6) is 4.28. The average Bonchev–Trinajstić information content (AvgIpc) is 2.82. The first kappa shape index (κ1) is 29.6. The van der Waals surface area contributed by atoms with Gasteiger partial charge in [0, 0.05) is 5.56 Å². The van der Waals surface area contributed by atoms with Crippen molar-refractivity contribution in [2.75, 3.05) is 11.5 Å². The van der Waals surface area contributed by atoms with Gasteiger partial charge in [-0.25, -0.2) is 0 Å². The Kier molecular flexibility index (Phi) is 21.9. The zero-order valence-corrected chi connectivity index (χ0v) is 22.9. The Morgan fingerprint density at radius 2 is 0.781 bits per heavy atom. The third-order valence-corrected chi connectivity index (χ3v) is 9.26. The van der Waals surface area contributed by atoms with Crippen LogP contribution in [0.25, 0.3) is 0 Å². The summed E-state index contributed by atoms with van der Waals surface area (Å²) in [5, 5.41) is 0. The van der Waals surface area contributed by atoms with Gasteiger partial charge in [-0.3, -0.25) is 0 Å². The van der Waals surface area contributed by atoms with Gasteiger partial charge in [-0.15, -0.1) is 0 Å². The molecule has 0 nitrogen and oxygen atoms in total. The van der Waals surface area contributed by atoms with Crippen LogP contribution < -0.4 is 0 Å². The van der Waals surface area contributed by atoms with Crippen molar-refractivity contribution in [2.45, 2.75) is 148 Å². The summed E-state index contributed by atoms with van der Waals surface area (Å²) in [4.78, 5) is 0. The van der Waals surface area contributed by atoms with Crippen LogP contribution in [0.2, 0.25) is 0 Å². The lowest BCUT2D eigenvalue weighted by atomic mass is 10.1. The van der Waals surface area contributed by atoms with Crippen molar-refractivity contribution in [1.29, 1.82) is 0 Å². The van der Waals surface area contributed by atoms with Gasteiger partial charge < -0.3 is 0 Å². The van der Waals surface area contributed by atoms with Gasteiger partial charge in [0.1, 0.15) is 17.3 Å². The van der Waals surface area contributed by atoms with Crippen LogP contribution in [-0.4, -0.2) is 11.5 Å². The van der Waals surface area contributed by atoms with Crippen LogP contribution in [0.4, 0.5) is 0 Å². The second-order valence-corrected chi connectivity index (χ2v) is 12.3. The lowest BCUT2D eigenvalue weighted by molar-refractivity contribution is 0.561. The Morgan fingerprint density at radius 1 is 0.438 bits per heavy atom. The SMILES string of the molecule is CCCCCCCCCCCC[S+](CCCCCCCCCCCC)Cc1ccccc1. The molecule has 0 N–H and O–H groups in total. The maximum absolute atomic E-state index is 2.34. The molecule has 0 spiro atoms. The highest BCUT2D eigenvalue weighted by molar-refractivity contribution is 7.96. The van der Waals surface area contributed by atoms with Crippen molar-refractivity contribution in [3.05, 3.63) is 35.9 Å². The van der Waals surface area contributed by atoms with Gasteiger partial charge in [-0.1, -0.05) is 147 Å². The molecule has 0 aliphatic heterocycles. The first-order valence-electron chi connectivity index (χ1n) is 14.5. The largest absolute Gasteiger partial charge is 0.133 e. The van der Waals surface area contributed by atoms with E-state index in [0.29, 0.717) is 10.9 Å². The first-order chi connectivity index (χ1) is 15.9. The van der Waals surface area contributed by atoms with Crippen molar-refractivity contribution in [3.63, 3.8) is 0 Å². The minimum absolute atomic E-state index is 0.599. The highest BCUT2D eigenvalue weighted by Crippen LogP contribution is 2.17. The van der Waals surface area contributed by atoms with Gasteiger partial charge in [0.25, 0.3) is 0 Å². The van der Waals surface area contributed by atoms with E-state index in [2.05, 4.69) is 44.2 Å². The maximum atomic E-state index is 2.34. The monoisotopic (exact) mass is 461 g/mol. The van der Waals surface area contributed by atoms with E-state index in [9.17, 15) is 0 Å². The van der Waals surface area contributed by atoms with E-state index >= 15 is 0 Å². The third-order valence-electron chi connectivity index (χ3n) is 6.79. The van der Waals surface area contributed by atoms with E-state index < -0.39 is 0 Å². The summed E-state index contributed by atoms with van der Waals surface area (Å²) < 4.78 is 0. The van der Waals surface area contributed by atoms with E-state index in [1.165, 1.54) is 146 Å². The van der Waals surface area contributed by atoms with Gasteiger partial charge in [-0.2, -0.15) is 0 Å². The van der Waals surface area contributed by atoms with Gasteiger partial charge in [0.05, 0.1) is 0 Å². The summed E-state index contributed by atoms with van der Waals surface area (Å²) in [7, 11) is 0.599. The average molecular weight is 462 g/mol. The van der Waals surface area contributed by atoms with Crippen molar-refractivity contribution in [3.8, 4) is 0 Å². The minimum Gasteiger partial charge on any atom is -0.0654 e. The topological polar surface area (TPSA) is 0 Å². The first-order valence-corrected chi connectivity index (χ1v) is 16.3. The molecule has 0 saturated carbocycles. The zero-order chi connectivity index (χ0) is 23.0. The molecule has 1 heteroatoms. The Labute approximate surface area is 206 Å². The number of hydrogen-bond donors (Lipinski definition) is 0. The lowest BCUT2D eigenvalue weighted by Gasteiger charge is -2.10. The Balaban J connectivity index is 2.11. The van der Waals surface area contributed by atoms with Gasteiger partial charge in [-0.05, 0) is 36.6 Å². The molecule has 0 radical (unpaired) electrons. The molecular weight excluding hydrogens is 404 g/mol. The van der Waals surface area contributed by atoms with E-state index in [1.54, 1.807) is 5.56 Å². The van der Waals surface area contributed by atoms with Crippen LogP contribution in [0.1, 0.15) is 148 Å². The number of unbranched alkanes of at least 4 members (excludes halogenated alkanes) is 18. The molecule has 0 aliphatic carbocycles. The van der Waals surface area contributed by atoms with E-state index in [1.807, 2.05) is 0 Å². The van der Waals surface area contributed by atoms with Crippen molar-refractivity contribution in [1.82, 2.24) is 0 Å². The molecule has 0 fully saturated rings. The van der Waals surface area contributed by atoms with Gasteiger partial charge >= 0.3 is 0 Å². The molecule has 0 aliphatic rings. The number of hydrogen-bond acceptors (Lipinski definition) is 0. The molecule has 0 saturated heterocycles. The van der Waals surface area contributed by atoms with Gasteiger partial charge in [0.2, 0.25) is 0 Å². The maximum Gasteiger partial charge on any atom is 0.133 e. The summed E-state index contributed by atoms with van der Waals surface area (Å²) in [6.07, 6.45) is 29.0. The lowest BCUT2D eigenvalue weighted by Crippen LogP contribution is -2.15. The molecule has 1 aromatic rings. The van der Waals surface area contributed by atoms with E-state index in [-0.39, 0.29) is 0 Å². The standard InChI is InChI=1S/C31H57S/c1-3-5-7-9-11-13-15-17-19-24-28-32(30-31-26-22-21-23-27-31)29-25-20-18-16-14-12-10-8-6-4-2/h21-23,26-27H,3-20,24-25,28-30H2,1-2H3/q+1. The number of rotatable bonds is 24. The molecule has 0 bridgehead atoms. The summed E-state index contributed by atoms with van der Waals surface area (Å²) in [5.41, 5.74) is 1.56. The van der Waals surface area contributed by atoms with Crippen LogP contribution >= 0.6 is 0 Å². The van der Waals surface area contributed by atoms with Crippen molar-refractivity contribution < 1.29 is 0 Å². The molecule has 0 unspecified atom stereocenters. The fourth-order valence-electron chi connectivity index (χ4n) is 4.64. The predicted octanol–water partition coefficient (Wildman–Crippen LogP) is 10.6. The van der Waals surface area contributed by atoms with Crippen LogP contribution in [0, 0.1) is 0 Å². The van der Waals surface area contributed by atoms with Crippen LogP contribution in [0.3, 0.4) is 0 Å². The van der Waals surface area contributed by atoms with E-state index in [4.69, 9.17) is 0 Å². The van der Waals surface area contributed by atoms with E-state index in [0.717, 1.165) is 0 Å². The Bertz CT molecular complexity index is 445. The second-order valence-electron chi connectivity index (χ2n) is 10.0. The molecular formula is C31H57S+. The highest BCUT2D eigenvalue weighted by Gasteiger charge is 2.18. The van der Waals surface area contributed by atoms with Crippen molar-refractivity contribution >= 4 is 10.9 Å². The molecule has 0 amide bonds. The second kappa shape index (κ2) is 23.7. The molecule has 1 rings (SSSR count). The molecule has 1 aromatic carbocycles. The molecule has 32 heavy (non-hydrogen) atoms. The Hall–Kier alpha value is -0.430. The van der Waals surface area contributed by atoms with Crippen LogP contribution in [-0.2, 0) is 16.6 Å². The summed E-state index contributed by atoms with van der Waals surface area (Å²) in [6, 6.07) is 11.3. The number of benzene rings is 1. The third kappa shape index (κ3) is 19.1. The Morgan fingerprint density at radius 3 is 1.16 bits per heavy atom. The normalized spacial score (nSPS) is 11.5. The highest BCUT2D eigenvalue weighted by atomic mass is 32.2. The molecule has 186 valence electrons. The van der Waals surface area contributed by atoms with Crippen molar-refractivity contribution in [2.24, 2.45) is 0 Å². The molecule has 0 atom stereocenters. The van der Waals surface area contributed by atoms with Crippen LogP contribution in [0.15, 0.2) is 30.3 Å². The molecule has 0 heterocycles. The quantitative estimate of drug-likeness (QED) is 0.106. The van der Waals surface area contributed by atoms with Gasteiger partial charge in [0.15, 0.2) is 0 Å². The minimum atomic E-state index is 0.599. The smallest absolute Gasteiger partial charge is 0.0654 e.